The Bertz CT molecular complexity index is 855. The fourth-order valence-corrected chi connectivity index (χ4v) is 5.01. The van der Waals surface area contributed by atoms with Gasteiger partial charge in [0, 0.05) is 12.0 Å². The van der Waals surface area contributed by atoms with E-state index in [1.54, 1.807) is 0 Å². The predicted octanol–water partition coefficient (Wildman–Crippen LogP) is 5.85. The molecule has 32 heavy (non-hydrogen) atoms. The molecule has 0 atom stereocenters. The molecule has 4 rings (SSSR count). The molecule has 3 N–H and O–H groups in total. The number of hydrogen-bond acceptors (Lipinski definition) is 6. The van der Waals surface area contributed by atoms with Gasteiger partial charge in [-0.2, -0.15) is 0 Å². The Morgan fingerprint density at radius 1 is 0.969 bits per heavy atom. The Labute approximate surface area is 192 Å². The van der Waals surface area contributed by atoms with Gasteiger partial charge in [0.05, 0.1) is 6.10 Å². The summed E-state index contributed by atoms with van der Waals surface area (Å²) in [7, 11) is 0. The van der Waals surface area contributed by atoms with Crippen molar-refractivity contribution in [3.8, 4) is 5.75 Å². The van der Waals surface area contributed by atoms with Gasteiger partial charge in [0.25, 0.3) is 5.91 Å². The summed E-state index contributed by atoms with van der Waals surface area (Å²) in [5, 5.41) is 26.8. The van der Waals surface area contributed by atoms with Crippen LogP contribution in [0.1, 0.15) is 79.6 Å². The molecule has 8 nitrogen and oxygen atoms in total. The minimum atomic E-state index is -1.83. The van der Waals surface area contributed by atoms with Crippen molar-refractivity contribution in [3.63, 3.8) is 0 Å². The maximum Gasteiger partial charge on any atom is 0.503 e. The molecule has 1 aromatic carbocycles. The fourth-order valence-electron chi connectivity index (χ4n) is 4.26. The van der Waals surface area contributed by atoms with E-state index in [-0.39, 0.29) is 5.91 Å². The molecule has 9 heteroatoms. The van der Waals surface area contributed by atoms with E-state index >= 15 is 0 Å². The Morgan fingerprint density at radius 2 is 1.59 bits per heavy atom. The second-order valence-electron chi connectivity index (χ2n) is 8.33. The van der Waals surface area contributed by atoms with Gasteiger partial charge in [-0.15, -0.1) is 10.2 Å². The number of carboxylic acid groups (broad SMARTS) is 2. The largest absolute Gasteiger partial charge is 0.503 e. The van der Waals surface area contributed by atoms with Crippen LogP contribution in [0.5, 0.6) is 5.75 Å². The van der Waals surface area contributed by atoms with Crippen LogP contribution in [-0.2, 0) is 6.42 Å². The van der Waals surface area contributed by atoms with Gasteiger partial charge in [-0.25, -0.2) is 4.79 Å². The van der Waals surface area contributed by atoms with Crippen LogP contribution >= 0.6 is 11.3 Å². The molecule has 0 radical (unpaired) electrons. The van der Waals surface area contributed by atoms with Gasteiger partial charge in [0.2, 0.25) is 5.13 Å². The van der Waals surface area contributed by atoms with Crippen LogP contribution in [0.15, 0.2) is 24.3 Å². The number of carbonyl (C=O) groups excluding carboxylic acids is 1. The topological polar surface area (TPSA) is 122 Å². The zero-order valence-corrected chi connectivity index (χ0v) is 19.0. The van der Waals surface area contributed by atoms with Gasteiger partial charge >= 0.3 is 6.16 Å². The molecule has 0 aliphatic heterocycles. The quantitative estimate of drug-likeness (QED) is 0.473. The van der Waals surface area contributed by atoms with Gasteiger partial charge in [-0.1, -0.05) is 43.4 Å². The lowest BCUT2D eigenvalue weighted by Crippen LogP contribution is -2.19. The number of nitrogens with one attached hydrogen (secondary N) is 1. The highest BCUT2D eigenvalue weighted by molar-refractivity contribution is 7.15. The number of amides is 1. The van der Waals surface area contributed by atoms with Crippen LogP contribution in [-0.4, -0.2) is 38.6 Å². The van der Waals surface area contributed by atoms with Crippen molar-refractivity contribution in [2.45, 2.75) is 76.7 Å². The standard InChI is InChI=1S/C22H29N3O2S.CH2O3/c26-21(17-11-13-19(14-12-17)27-18-8-2-1-3-9-18)23-22-25-24-20(28-22)15-10-16-6-4-5-7-16;2-1(3)4/h11-14,16,18H,1-10,15H2,(H,23,25,26);(H2,2,3,4). The molecule has 0 spiro atoms. The number of carbonyl (C=O) groups is 2. The number of nitrogens with zero attached hydrogens (tertiary/aromatic N) is 2. The first-order valence-corrected chi connectivity index (χ1v) is 12.1. The molecule has 174 valence electrons. The number of hydrogen-bond donors (Lipinski definition) is 3. The van der Waals surface area contributed by atoms with Gasteiger partial charge in [0.1, 0.15) is 10.8 Å². The highest BCUT2D eigenvalue weighted by Gasteiger charge is 2.17. The van der Waals surface area contributed by atoms with Crippen LogP contribution in [0.4, 0.5) is 9.93 Å². The maximum absolute atomic E-state index is 12.5. The molecule has 2 aliphatic carbocycles. The van der Waals surface area contributed by atoms with Crippen LogP contribution in [0, 0.1) is 5.92 Å². The van der Waals surface area contributed by atoms with Crippen molar-refractivity contribution in [1.29, 1.82) is 0 Å². The normalized spacial score (nSPS) is 16.8. The molecule has 0 bridgehead atoms. The van der Waals surface area contributed by atoms with E-state index in [1.807, 2.05) is 24.3 Å². The second-order valence-corrected chi connectivity index (χ2v) is 9.39. The number of aryl methyl sites for hydroxylation is 1. The number of ether oxygens (including phenoxy) is 1. The van der Waals surface area contributed by atoms with E-state index in [9.17, 15) is 4.79 Å². The summed E-state index contributed by atoms with van der Waals surface area (Å²) in [4.78, 5) is 21.0. The van der Waals surface area contributed by atoms with Crippen molar-refractivity contribution in [2.75, 3.05) is 5.32 Å². The molecule has 0 saturated heterocycles. The summed E-state index contributed by atoms with van der Waals surface area (Å²) in [5.41, 5.74) is 0.610. The van der Waals surface area contributed by atoms with Crippen LogP contribution in [0.25, 0.3) is 0 Å². The number of benzene rings is 1. The lowest BCUT2D eigenvalue weighted by atomic mass is 9.98. The Kier molecular flexibility index (Phi) is 9.27. The maximum atomic E-state index is 12.5. The monoisotopic (exact) mass is 461 g/mol. The van der Waals surface area contributed by atoms with Crippen molar-refractivity contribution >= 4 is 28.5 Å². The Balaban J connectivity index is 0.000000668. The average molecular weight is 462 g/mol. The van der Waals surface area contributed by atoms with E-state index in [1.165, 1.54) is 62.7 Å². The van der Waals surface area contributed by atoms with E-state index in [0.29, 0.717) is 16.8 Å². The lowest BCUT2D eigenvalue weighted by Gasteiger charge is -2.23. The summed E-state index contributed by atoms with van der Waals surface area (Å²) in [5.74, 6) is 1.53. The molecule has 1 amide bonds. The molecule has 2 aliphatic rings. The number of rotatable bonds is 7. The van der Waals surface area contributed by atoms with Gasteiger partial charge in [0.15, 0.2) is 0 Å². The van der Waals surface area contributed by atoms with E-state index in [0.717, 1.165) is 35.9 Å². The summed E-state index contributed by atoms with van der Waals surface area (Å²) in [6, 6.07) is 7.40. The molecule has 2 saturated carbocycles. The third-order valence-electron chi connectivity index (χ3n) is 5.90. The first kappa shape index (κ1) is 24.0. The third-order valence-corrected chi connectivity index (χ3v) is 6.80. The Hall–Kier alpha value is -2.68. The lowest BCUT2D eigenvalue weighted by molar-refractivity contribution is 0.102. The highest BCUT2D eigenvalue weighted by Crippen LogP contribution is 2.29. The zero-order valence-electron chi connectivity index (χ0n) is 18.2. The van der Waals surface area contributed by atoms with Crippen LogP contribution in [0.3, 0.4) is 0 Å². The van der Waals surface area contributed by atoms with E-state index < -0.39 is 6.16 Å². The molecule has 2 aromatic rings. The molecule has 1 heterocycles. The van der Waals surface area contributed by atoms with Crippen molar-refractivity contribution in [2.24, 2.45) is 5.92 Å². The summed E-state index contributed by atoms with van der Waals surface area (Å²) < 4.78 is 6.03. The van der Waals surface area contributed by atoms with Gasteiger partial charge in [-0.3, -0.25) is 10.1 Å². The first-order chi connectivity index (χ1) is 15.5. The highest BCUT2D eigenvalue weighted by atomic mass is 32.1. The van der Waals surface area contributed by atoms with Gasteiger partial charge in [-0.05, 0) is 62.3 Å². The smallest absolute Gasteiger partial charge is 0.490 e. The fraction of sp³-hybridized carbons (Fsp3) is 0.565. The van der Waals surface area contributed by atoms with Crippen molar-refractivity contribution < 1.29 is 24.5 Å². The predicted molar refractivity (Wildman–Crippen MR) is 123 cm³/mol. The van der Waals surface area contributed by atoms with Crippen LogP contribution < -0.4 is 10.1 Å². The SMILES string of the molecule is O=C(Nc1nnc(CCC2CCCC2)s1)c1ccc(OC2CCCCC2)cc1.O=C(O)O. The number of aromatic nitrogens is 2. The van der Waals surface area contributed by atoms with Crippen molar-refractivity contribution in [1.82, 2.24) is 10.2 Å². The minimum absolute atomic E-state index is 0.150. The molecule has 2 fully saturated rings. The van der Waals surface area contributed by atoms with E-state index in [4.69, 9.17) is 19.7 Å². The molecular formula is C23H31N3O5S. The molecule has 0 unspecified atom stereocenters. The van der Waals surface area contributed by atoms with Crippen LogP contribution in [0.2, 0.25) is 0 Å². The minimum Gasteiger partial charge on any atom is -0.490 e. The third kappa shape index (κ3) is 8.11. The molecular weight excluding hydrogens is 430 g/mol. The zero-order chi connectivity index (χ0) is 22.8. The van der Waals surface area contributed by atoms with E-state index in [2.05, 4.69) is 15.5 Å². The second kappa shape index (κ2) is 12.4. The Morgan fingerprint density at radius 3 is 2.25 bits per heavy atom. The summed E-state index contributed by atoms with van der Waals surface area (Å²) in [6.07, 6.45) is 12.1. The average Bonchev–Trinajstić information content (AvgIpc) is 3.45. The number of anilines is 1. The van der Waals surface area contributed by atoms with Gasteiger partial charge < -0.3 is 14.9 Å². The first-order valence-electron chi connectivity index (χ1n) is 11.3. The van der Waals surface area contributed by atoms with Crippen molar-refractivity contribution in [3.05, 3.63) is 34.8 Å². The summed E-state index contributed by atoms with van der Waals surface area (Å²) in [6.45, 7) is 0. The molecule has 1 aromatic heterocycles. The summed E-state index contributed by atoms with van der Waals surface area (Å²) >= 11 is 1.49.